The van der Waals surface area contributed by atoms with Gasteiger partial charge in [-0.2, -0.15) is 0 Å². The van der Waals surface area contributed by atoms with Crippen molar-refractivity contribution in [2.75, 3.05) is 0 Å². The van der Waals surface area contributed by atoms with Gasteiger partial charge < -0.3 is 15.8 Å². The van der Waals surface area contributed by atoms with Gasteiger partial charge in [-0.15, -0.1) is 0 Å². The van der Waals surface area contributed by atoms with Gasteiger partial charge >= 0.3 is 35.5 Å². The zero-order valence-electron chi connectivity index (χ0n) is 17.8. The van der Waals surface area contributed by atoms with Gasteiger partial charge in [0, 0.05) is 16.3 Å². The third-order valence-corrected chi connectivity index (χ3v) is 5.17. The third kappa shape index (κ3) is 5.35. The molecule has 0 aliphatic heterocycles. The van der Waals surface area contributed by atoms with Crippen LogP contribution < -0.4 is 34.3 Å². The van der Waals surface area contributed by atoms with Crippen molar-refractivity contribution in [3.8, 4) is 22.7 Å². The number of carbonyl (C=O) groups is 1. The summed E-state index contributed by atoms with van der Waals surface area (Å²) in [6.07, 6.45) is 0. The van der Waals surface area contributed by atoms with Crippen LogP contribution in [0.1, 0.15) is 17.3 Å². The molecule has 0 bridgehead atoms. The van der Waals surface area contributed by atoms with Gasteiger partial charge in [-0.25, -0.2) is 4.79 Å². The maximum atomic E-state index is 11.4. The molecule has 4 rings (SSSR count). The molecular weight excluding hydrogens is 444 g/mol. The van der Waals surface area contributed by atoms with E-state index in [4.69, 9.17) is 27.9 Å². The summed E-state index contributed by atoms with van der Waals surface area (Å²) < 4.78 is 7.86. The molecule has 0 spiro atoms. The fourth-order valence-electron chi connectivity index (χ4n) is 3.23. The maximum absolute atomic E-state index is 11.4. The zero-order valence-corrected chi connectivity index (χ0v) is 20.3. The number of carboxylic acid groups (broad SMARTS) is 1. The van der Waals surface area contributed by atoms with Gasteiger partial charge in [-0.05, 0) is 54.1 Å². The van der Waals surface area contributed by atoms with Gasteiger partial charge in [0.15, 0.2) is 0 Å². The van der Waals surface area contributed by atoms with Crippen LogP contribution in [0, 0.1) is 0 Å². The minimum absolute atomic E-state index is 0. The van der Waals surface area contributed by atoms with Crippen molar-refractivity contribution >= 4 is 29.2 Å². The Labute approximate surface area is 213 Å². The van der Waals surface area contributed by atoms with Gasteiger partial charge in [0.1, 0.15) is 17.5 Å². The molecule has 0 radical (unpaired) electrons. The second kappa shape index (κ2) is 10.4. The molecule has 7 heteroatoms. The van der Waals surface area contributed by atoms with Crippen molar-refractivity contribution in [1.29, 1.82) is 0 Å². The Balaban J connectivity index is 0.00000181. The predicted molar refractivity (Wildman–Crippen MR) is 120 cm³/mol. The monoisotopic (exact) mass is 461 g/mol. The van der Waals surface area contributed by atoms with Gasteiger partial charge in [0.05, 0.1) is 11.3 Å². The van der Waals surface area contributed by atoms with Gasteiger partial charge in [0.2, 0.25) is 0 Å². The Morgan fingerprint density at radius 2 is 1.71 bits per heavy atom. The summed E-state index contributed by atoms with van der Waals surface area (Å²) >= 11 is 12.7. The van der Waals surface area contributed by atoms with E-state index in [0.29, 0.717) is 28.2 Å². The Morgan fingerprint density at radius 3 is 2.45 bits per heavy atom. The molecule has 0 aliphatic rings. The molecule has 0 amide bonds. The number of benzene rings is 3. The first-order chi connectivity index (χ1) is 14.5. The average molecular weight is 462 g/mol. The largest absolute Gasteiger partial charge is 1.00 e. The summed E-state index contributed by atoms with van der Waals surface area (Å²) in [4.78, 5) is 11.4. The van der Waals surface area contributed by atoms with Crippen molar-refractivity contribution in [3.63, 3.8) is 0 Å². The fraction of sp³-hybridized carbons (Fsp3) is 0.0417. The first-order valence-electron chi connectivity index (χ1n) is 9.20. The van der Waals surface area contributed by atoms with Gasteiger partial charge in [-0.3, -0.25) is 0 Å². The van der Waals surface area contributed by atoms with E-state index >= 15 is 0 Å². The molecule has 0 saturated heterocycles. The van der Waals surface area contributed by atoms with Crippen LogP contribution in [0.15, 0.2) is 84.9 Å². The molecule has 0 fully saturated rings. The van der Waals surface area contributed by atoms with Crippen LogP contribution in [0.25, 0.3) is 16.9 Å². The van der Waals surface area contributed by atoms with Crippen LogP contribution in [0.2, 0.25) is 10.2 Å². The van der Waals surface area contributed by atoms with E-state index in [-0.39, 0.29) is 36.5 Å². The molecule has 0 aliphatic carbocycles. The van der Waals surface area contributed by atoms with Crippen LogP contribution in [0.5, 0.6) is 5.75 Å². The first-order valence-corrected chi connectivity index (χ1v) is 9.96. The van der Waals surface area contributed by atoms with Crippen molar-refractivity contribution < 1.29 is 45.6 Å². The number of hydrogen-bond acceptors (Lipinski definition) is 2. The van der Waals surface area contributed by atoms with Crippen LogP contribution in [-0.4, -0.2) is 15.6 Å². The summed E-state index contributed by atoms with van der Waals surface area (Å²) in [5.41, 5.74) is 3.35. The number of carboxylic acids is 1. The SMILES string of the molecule is O=C(O)c1cccc(-n2c(Cl)ccc2-c2cc(Cl)ccc2OCc2ccccc2)c1.[H-].[Na+]. The van der Waals surface area contributed by atoms with Crippen molar-refractivity contribution in [2.45, 2.75) is 6.61 Å². The number of halogens is 2. The minimum atomic E-state index is -1.00. The second-order valence-corrected chi connectivity index (χ2v) is 7.47. The van der Waals surface area contributed by atoms with E-state index in [9.17, 15) is 9.90 Å². The number of aromatic carboxylic acids is 1. The van der Waals surface area contributed by atoms with Crippen molar-refractivity contribution in [2.24, 2.45) is 0 Å². The average Bonchev–Trinajstić information content (AvgIpc) is 3.15. The summed E-state index contributed by atoms with van der Waals surface area (Å²) in [5.74, 6) is -0.357. The number of ether oxygens (including phenoxy) is 1. The molecule has 1 N–H and O–H groups in total. The first kappa shape index (κ1) is 23.5. The molecule has 4 aromatic rings. The quantitative estimate of drug-likeness (QED) is 0.443. The van der Waals surface area contributed by atoms with E-state index < -0.39 is 5.97 Å². The Kier molecular flexibility index (Phi) is 7.87. The Morgan fingerprint density at radius 1 is 0.935 bits per heavy atom. The number of rotatable bonds is 6. The molecular formula is C24H18Cl2NNaO3. The number of hydrogen-bond donors (Lipinski definition) is 1. The molecule has 0 saturated carbocycles. The normalized spacial score (nSPS) is 10.4. The molecule has 3 aromatic carbocycles. The maximum Gasteiger partial charge on any atom is 1.00 e. The number of nitrogens with zero attached hydrogens (tertiary/aromatic N) is 1. The molecule has 1 heterocycles. The summed E-state index contributed by atoms with van der Waals surface area (Å²) in [6.45, 7) is 0.401. The van der Waals surface area contributed by atoms with E-state index in [1.165, 1.54) is 6.07 Å². The molecule has 152 valence electrons. The minimum Gasteiger partial charge on any atom is -1.00 e. The smallest absolute Gasteiger partial charge is 1.00 e. The van der Waals surface area contributed by atoms with Gasteiger partial charge in [-0.1, -0.05) is 59.6 Å². The molecule has 4 nitrogen and oxygen atoms in total. The van der Waals surface area contributed by atoms with E-state index in [1.807, 2.05) is 48.5 Å². The van der Waals surface area contributed by atoms with E-state index in [1.54, 1.807) is 34.9 Å². The predicted octanol–water partition coefficient (Wildman–Crippen LogP) is 3.84. The van der Waals surface area contributed by atoms with E-state index in [0.717, 1.165) is 16.8 Å². The molecule has 0 atom stereocenters. The van der Waals surface area contributed by atoms with E-state index in [2.05, 4.69) is 0 Å². The van der Waals surface area contributed by atoms with Crippen LogP contribution in [0.4, 0.5) is 0 Å². The zero-order chi connectivity index (χ0) is 21.1. The Hall–Kier alpha value is -2.21. The van der Waals surface area contributed by atoms with Crippen LogP contribution in [0.3, 0.4) is 0 Å². The summed E-state index contributed by atoms with van der Waals surface area (Å²) in [7, 11) is 0. The topological polar surface area (TPSA) is 51.5 Å². The molecule has 31 heavy (non-hydrogen) atoms. The summed E-state index contributed by atoms with van der Waals surface area (Å²) in [6, 6.07) is 25.5. The van der Waals surface area contributed by atoms with Crippen LogP contribution >= 0.6 is 23.2 Å². The Bertz CT molecular complexity index is 1220. The fourth-order valence-corrected chi connectivity index (χ4v) is 3.65. The second-order valence-electron chi connectivity index (χ2n) is 6.65. The molecule has 0 unspecified atom stereocenters. The van der Waals surface area contributed by atoms with Crippen molar-refractivity contribution in [3.05, 3.63) is 106 Å². The van der Waals surface area contributed by atoms with Gasteiger partial charge in [0.25, 0.3) is 0 Å². The summed E-state index contributed by atoms with van der Waals surface area (Å²) in [5, 5.41) is 10.3. The standard InChI is InChI=1S/C24H17Cl2NO3.Na.H/c25-18-9-11-22(30-15-16-5-2-1-3-6-16)20(14-18)21-10-12-23(26)27(21)19-8-4-7-17(13-19)24(28)29;;/h1-14H,15H2,(H,28,29);;/q;+1;-1. The number of aromatic nitrogens is 1. The third-order valence-electron chi connectivity index (χ3n) is 4.64. The van der Waals surface area contributed by atoms with Crippen molar-refractivity contribution in [1.82, 2.24) is 4.57 Å². The van der Waals surface area contributed by atoms with Crippen LogP contribution in [-0.2, 0) is 6.61 Å². The molecule has 1 aromatic heterocycles.